The molecule has 3 aromatic carbocycles. The minimum absolute atomic E-state index is 0. The van der Waals surface area contributed by atoms with Gasteiger partial charge in [0.2, 0.25) is 0 Å². The first-order valence-electron chi connectivity index (χ1n) is 14.7. The number of nitrogens with zero attached hydrogens (tertiary/aromatic N) is 3. The van der Waals surface area contributed by atoms with Gasteiger partial charge in [-0.25, -0.2) is 0 Å². The van der Waals surface area contributed by atoms with Gasteiger partial charge in [-0.3, -0.25) is 4.98 Å². The van der Waals surface area contributed by atoms with Crippen LogP contribution in [0.15, 0.2) is 103 Å². The third-order valence-electron chi connectivity index (χ3n) is 8.43. The number of rotatable bonds is 3. The number of fused-ring (bicyclic) bond motifs is 3. The summed E-state index contributed by atoms with van der Waals surface area (Å²) in [5.41, 5.74) is 16.1. The monoisotopic (exact) mass is 750 g/mol. The fourth-order valence-electron chi connectivity index (χ4n) is 5.75. The number of benzene rings is 3. The van der Waals surface area contributed by atoms with Crippen molar-refractivity contribution in [3.63, 3.8) is 0 Å². The van der Waals surface area contributed by atoms with Gasteiger partial charge in [0.15, 0.2) is 0 Å². The third-order valence-corrected chi connectivity index (χ3v) is 8.43. The Kier molecular flexibility index (Phi) is 9.06. The van der Waals surface area contributed by atoms with E-state index in [2.05, 4.69) is 134 Å². The van der Waals surface area contributed by atoms with Crippen LogP contribution in [0.4, 0.5) is 0 Å². The van der Waals surface area contributed by atoms with Crippen LogP contribution in [0, 0.1) is 39.8 Å². The Morgan fingerprint density at radius 1 is 0.614 bits per heavy atom. The van der Waals surface area contributed by atoms with E-state index in [1.54, 1.807) is 0 Å². The zero-order valence-electron chi connectivity index (χ0n) is 26.0. The molecule has 1 aliphatic rings. The fraction of sp³-hybridized carbons (Fsp3) is 0.175. The Morgan fingerprint density at radius 3 is 2.09 bits per heavy atom. The van der Waals surface area contributed by atoms with Crippen molar-refractivity contribution in [2.45, 2.75) is 47.0 Å². The minimum atomic E-state index is -0.00651. The van der Waals surface area contributed by atoms with E-state index in [4.69, 9.17) is 0 Å². The largest absolute Gasteiger partial charge is 0.317 e. The number of aromatic nitrogens is 3. The second-order valence-corrected chi connectivity index (χ2v) is 11.8. The molecule has 0 unspecified atom stereocenters. The van der Waals surface area contributed by atoms with Crippen LogP contribution in [0.3, 0.4) is 0 Å². The summed E-state index contributed by atoms with van der Waals surface area (Å²) in [4.78, 5) is 13.7. The molecule has 6 aromatic rings. The molecular formula is C40H35IrN3-2. The molecule has 3 aromatic heterocycles. The second kappa shape index (κ2) is 12.8. The van der Waals surface area contributed by atoms with E-state index >= 15 is 0 Å². The van der Waals surface area contributed by atoms with Crippen LogP contribution in [-0.4, -0.2) is 15.0 Å². The summed E-state index contributed by atoms with van der Waals surface area (Å²) < 4.78 is 0. The first kappa shape index (κ1) is 31.2. The molecule has 7 rings (SSSR count). The number of aryl methyl sites for hydroxylation is 4. The van der Waals surface area contributed by atoms with E-state index in [0.717, 1.165) is 28.3 Å². The van der Waals surface area contributed by atoms with Crippen molar-refractivity contribution < 1.29 is 20.1 Å². The van der Waals surface area contributed by atoms with Gasteiger partial charge in [0, 0.05) is 43.5 Å². The maximum Gasteiger partial charge on any atom is 0.0207 e. The number of pyridine rings is 3. The molecule has 3 heterocycles. The van der Waals surface area contributed by atoms with Crippen molar-refractivity contribution in [2.75, 3.05) is 0 Å². The summed E-state index contributed by atoms with van der Waals surface area (Å²) in [6, 6.07) is 38.0. The van der Waals surface area contributed by atoms with Gasteiger partial charge < -0.3 is 9.97 Å². The number of hydrogen-bond acceptors (Lipinski definition) is 3. The van der Waals surface area contributed by atoms with Crippen LogP contribution in [-0.2, 0) is 25.5 Å². The molecule has 0 aliphatic heterocycles. The fourth-order valence-corrected chi connectivity index (χ4v) is 5.75. The Bertz CT molecular complexity index is 1940. The molecule has 44 heavy (non-hydrogen) atoms. The maximum absolute atomic E-state index is 4.63. The van der Waals surface area contributed by atoms with Gasteiger partial charge in [0.1, 0.15) is 0 Å². The molecule has 1 aliphatic carbocycles. The predicted octanol–water partition coefficient (Wildman–Crippen LogP) is 9.70. The summed E-state index contributed by atoms with van der Waals surface area (Å²) >= 11 is 0. The summed E-state index contributed by atoms with van der Waals surface area (Å²) in [5.74, 6) is 0. The maximum atomic E-state index is 4.63. The Labute approximate surface area is 274 Å². The minimum Gasteiger partial charge on any atom is -0.317 e. The quantitative estimate of drug-likeness (QED) is 0.169. The molecule has 0 saturated carbocycles. The zero-order valence-corrected chi connectivity index (χ0v) is 28.4. The van der Waals surface area contributed by atoms with E-state index < -0.39 is 0 Å². The van der Waals surface area contributed by atoms with Crippen molar-refractivity contribution in [3.8, 4) is 44.9 Å². The molecule has 0 spiro atoms. The molecule has 221 valence electrons. The topological polar surface area (TPSA) is 38.7 Å². The average Bonchev–Trinajstić information content (AvgIpc) is 3.25. The van der Waals surface area contributed by atoms with Crippen molar-refractivity contribution in [3.05, 3.63) is 149 Å². The summed E-state index contributed by atoms with van der Waals surface area (Å²) in [6.07, 6.45) is 3.91. The van der Waals surface area contributed by atoms with Gasteiger partial charge >= 0.3 is 0 Å². The smallest absolute Gasteiger partial charge is 0.0207 e. The van der Waals surface area contributed by atoms with E-state index in [9.17, 15) is 0 Å². The van der Waals surface area contributed by atoms with Crippen molar-refractivity contribution in [1.29, 1.82) is 0 Å². The van der Waals surface area contributed by atoms with Gasteiger partial charge in [-0.1, -0.05) is 98.6 Å². The van der Waals surface area contributed by atoms with Gasteiger partial charge in [-0.15, -0.1) is 35.4 Å². The average molecular weight is 750 g/mol. The summed E-state index contributed by atoms with van der Waals surface area (Å²) in [6.45, 7) is 12.9. The SMILES string of the molecule is Cc1cc[c-]c(-c2cc3c(cn2)-c2ccccc2C3(C)C)n1.Cc1cnc(-c2[c-]cc(C)c(-c3ccccc3)c2)cc1C.[Ir]. The van der Waals surface area contributed by atoms with Gasteiger partial charge in [-0.05, 0) is 71.4 Å². The van der Waals surface area contributed by atoms with Crippen LogP contribution in [0.25, 0.3) is 44.9 Å². The Hall–Kier alpha value is -4.24. The standard InChI is InChI=1S/C20H17N2.C20H18N.Ir/c1-13-7-6-10-18(22-13)19-11-17-15(12-21-19)14-8-4-5-9-16(14)20(17,2)3;1-14-9-10-18(20-11-15(2)16(3)13-21-20)12-19(14)17-7-5-4-6-8-17;/h4-9,11-12H,1-3H3;4-9,11-13H,1-3H3;/q2*-1;. The van der Waals surface area contributed by atoms with E-state index in [0.29, 0.717) is 0 Å². The molecule has 0 amide bonds. The number of hydrogen-bond donors (Lipinski definition) is 0. The van der Waals surface area contributed by atoms with Gasteiger partial charge in [0.25, 0.3) is 0 Å². The third kappa shape index (κ3) is 6.06. The summed E-state index contributed by atoms with van der Waals surface area (Å²) in [5, 5.41) is 0. The molecular weight excluding hydrogens is 715 g/mol. The predicted molar refractivity (Wildman–Crippen MR) is 177 cm³/mol. The normalized spacial score (nSPS) is 12.3. The summed E-state index contributed by atoms with van der Waals surface area (Å²) in [7, 11) is 0. The van der Waals surface area contributed by atoms with E-state index in [1.165, 1.54) is 50.1 Å². The van der Waals surface area contributed by atoms with Crippen LogP contribution in [0.5, 0.6) is 0 Å². The van der Waals surface area contributed by atoms with Crippen LogP contribution in [0.1, 0.15) is 47.4 Å². The zero-order chi connectivity index (χ0) is 30.1. The Morgan fingerprint density at radius 2 is 1.34 bits per heavy atom. The second-order valence-electron chi connectivity index (χ2n) is 11.8. The van der Waals surface area contributed by atoms with Crippen LogP contribution < -0.4 is 0 Å². The molecule has 0 bridgehead atoms. The molecule has 0 N–H and O–H groups in total. The van der Waals surface area contributed by atoms with E-state index in [-0.39, 0.29) is 25.5 Å². The first-order valence-corrected chi connectivity index (χ1v) is 14.7. The molecule has 0 atom stereocenters. The Balaban J connectivity index is 0.000000171. The van der Waals surface area contributed by atoms with Crippen LogP contribution >= 0.6 is 0 Å². The van der Waals surface area contributed by atoms with E-state index in [1.807, 2.05) is 37.5 Å². The molecule has 1 radical (unpaired) electrons. The first-order chi connectivity index (χ1) is 20.7. The van der Waals surface area contributed by atoms with Crippen molar-refractivity contribution >= 4 is 0 Å². The molecule has 4 heteroatoms. The van der Waals surface area contributed by atoms with Crippen molar-refractivity contribution in [2.24, 2.45) is 0 Å². The van der Waals surface area contributed by atoms with Crippen LogP contribution in [0.2, 0.25) is 0 Å². The van der Waals surface area contributed by atoms with Gasteiger partial charge in [0.05, 0.1) is 0 Å². The molecule has 0 saturated heterocycles. The molecule has 3 nitrogen and oxygen atoms in total. The van der Waals surface area contributed by atoms with Crippen molar-refractivity contribution in [1.82, 2.24) is 15.0 Å². The molecule has 0 fully saturated rings. The van der Waals surface area contributed by atoms with Gasteiger partial charge in [-0.2, -0.15) is 12.1 Å².